The third-order valence-corrected chi connectivity index (χ3v) is 6.64. The molecule has 2 fully saturated rings. The lowest BCUT2D eigenvalue weighted by molar-refractivity contribution is 0.341. The van der Waals surface area contributed by atoms with Gasteiger partial charge in [0.05, 0.1) is 0 Å². The average molecular weight is 306 g/mol. The molecule has 2 unspecified atom stereocenters. The summed E-state index contributed by atoms with van der Waals surface area (Å²) in [6.07, 6.45) is 10.6. The van der Waals surface area contributed by atoms with Crippen molar-refractivity contribution in [2.24, 2.45) is 5.92 Å². The first kappa shape index (κ1) is 12.8. The number of thiazole rings is 1. The second kappa shape index (κ2) is 5.15. The zero-order valence-corrected chi connectivity index (χ0v) is 13.2. The van der Waals surface area contributed by atoms with E-state index in [2.05, 4.69) is 26.1 Å². The first-order chi connectivity index (χ1) is 9.86. The predicted molar refractivity (Wildman–Crippen MR) is 84.7 cm³/mol. The minimum Gasteiger partial charge on any atom is -0.352 e. The maximum Gasteiger partial charge on any atom is 0.176 e. The van der Waals surface area contributed by atoms with Gasteiger partial charge in [-0.2, -0.15) is 0 Å². The minimum absolute atomic E-state index is 0.696. The first-order valence-corrected chi connectivity index (χ1v) is 9.33. The topological polar surface area (TPSA) is 41.9 Å². The van der Waals surface area contributed by atoms with Crippen LogP contribution in [0.2, 0.25) is 0 Å². The molecule has 2 aromatic heterocycles. The van der Waals surface area contributed by atoms with Gasteiger partial charge in [-0.25, -0.2) is 15.0 Å². The molecular formula is C14H18N4S2. The number of hydrogen-bond acceptors (Lipinski definition) is 6. The van der Waals surface area contributed by atoms with E-state index in [9.17, 15) is 0 Å². The van der Waals surface area contributed by atoms with Crippen molar-refractivity contribution < 1.29 is 0 Å². The number of aromatic nitrogens is 3. The van der Waals surface area contributed by atoms with Crippen molar-refractivity contribution in [2.75, 3.05) is 17.7 Å². The lowest BCUT2D eigenvalue weighted by atomic mass is 9.85. The highest BCUT2D eigenvalue weighted by Crippen LogP contribution is 2.41. The molecule has 1 saturated heterocycles. The van der Waals surface area contributed by atoms with Crippen LogP contribution in [0.3, 0.4) is 0 Å². The minimum atomic E-state index is 0.696. The summed E-state index contributed by atoms with van der Waals surface area (Å²) in [4.78, 5) is 16.0. The van der Waals surface area contributed by atoms with Crippen LogP contribution in [0.5, 0.6) is 0 Å². The molecule has 20 heavy (non-hydrogen) atoms. The fraction of sp³-hybridized carbons (Fsp3) is 0.643. The molecule has 0 bridgehead atoms. The van der Waals surface area contributed by atoms with E-state index < -0.39 is 0 Å². The molecule has 1 aliphatic carbocycles. The number of anilines is 1. The van der Waals surface area contributed by atoms with Crippen LogP contribution in [0.4, 0.5) is 5.82 Å². The molecule has 0 radical (unpaired) electrons. The van der Waals surface area contributed by atoms with E-state index in [0.717, 1.165) is 28.3 Å². The van der Waals surface area contributed by atoms with E-state index >= 15 is 0 Å². The van der Waals surface area contributed by atoms with E-state index in [0.29, 0.717) is 6.04 Å². The van der Waals surface area contributed by atoms with Crippen LogP contribution >= 0.6 is 23.1 Å². The molecule has 4 rings (SSSR count). The van der Waals surface area contributed by atoms with Gasteiger partial charge in [0.1, 0.15) is 11.0 Å². The molecule has 2 atom stereocenters. The lowest BCUT2D eigenvalue weighted by Gasteiger charge is -2.32. The maximum atomic E-state index is 4.60. The summed E-state index contributed by atoms with van der Waals surface area (Å²) >= 11 is 3.42. The highest BCUT2D eigenvalue weighted by Gasteiger charge is 2.37. The summed E-state index contributed by atoms with van der Waals surface area (Å²) in [6.45, 7) is 1.15. The van der Waals surface area contributed by atoms with Crippen molar-refractivity contribution in [3.05, 3.63) is 6.33 Å². The van der Waals surface area contributed by atoms with Crippen LogP contribution in [-0.2, 0) is 0 Å². The highest BCUT2D eigenvalue weighted by molar-refractivity contribution is 8.00. The Morgan fingerprint density at radius 3 is 3.05 bits per heavy atom. The Balaban J connectivity index is 1.76. The van der Waals surface area contributed by atoms with Crippen molar-refractivity contribution in [3.63, 3.8) is 0 Å². The van der Waals surface area contributed by atoms with Gasteiger partial charge in [-0.1, -0.05) is 24.6 Å². The van der Waals surface area contributed by atoms with Crippen molar-refractivity contribution in [3.8, 4) is 0 Å². The Labute approximate surface area is 127 Å². The Morgan fingerprint density at radius 2 is 2.15 bits per heavy atom. The molecule has 2 aliphatic rings. The Kier molecular flexibility index (Phi) is 3.30. The standard InChI is InChI=1S/C14H18N4S2/c1-19-14-17-12-11(20-14)13(16-8-15-12)18-7-6-9-4-2-3-5-10(9)18/h8-10H,2-7H2,1H3. The van der Waals surface area contributed by atoms with Gasteiger partial charge in [0.2, 0.25) is 0 Å². The molecule has 1 saturated carbocycles. The SMILES string of the molecule is CSc1nc2ncnc(N3CCC4CCCCC43)c2s1. The summed E-state index contributed by atoms with van der Waals surface area (Å²) in [5.74, 6) is 2.00. The van der Waals surface area contributed by atoms with Crippen molar-refractivity contribution in [1.82, 2.24) is 15.0 Å². The molecule has 6 heteroatoms. The Morgan fingerprint density at radius 1 is 1.25 bits per heavy atom. The largest absolute Gasteiger partial charge is 0.352 e. The summed E-state index contributed by atoms with van der Waals surface area (Å²) in [5, 5.41) is 0. The van der Waals surface area contributed by atoms with Gasteiger partial charge < -0.3 is 4.90 Å². The predicted octanol–water partition coefficient (Wildman–Crippen LogP) is 3.58. The number of nitrogens with zero attached hydrogens (tertiary/aromatic N) is 4. The van der Waals surface area contributed by atoms with E-state index in [1.165, 1.54) is 36.8 Å². The fourth-order valence-corrected chi connectivity index (χ4v) is 5.20. The van der Waals surface area contributed by atoms with Gasteiger partial charge in [-0.05, 0) is 31.4 Å². The molecule has 0 aromatic carbocycles. The molecular weight excluding hydrogens is 288 g/mol. The van der Waals surface area contributed by atoms with E-state index in [-0.39, 0.29) is 0 Å². The van der Waals surface area contributed by atoms with Crippen LogP contribution in [0.15, 0.2) is 10.7 Å². The van der Waals surface area contributed by atoms with Gasteiger partial charge >= 0.3 is 0 Å². The fourth-order valence-electron chi connectivity index (χ4n) is 3.68. The normalized spacial score (nSPS) is 26.1. The summed E-state index contributed by atoms with van der Waals surface area (Å²) in [6, 6.07) is 0.696. The first-order valence-electron chi connectivity index (χ1n) is 7.29. The second-order valence-corrected chi connectivity index (χ2v) is 7.68. The number of thioether (sulfide) groups is 1. The van der Waals surface area contributed by atoms with Gasteiger partial charge in [0.25, 0.3) is 0 Å². The molecule has 0 N–H and O–H groups in total. The van der Waals surface area contributed by atoms with Gasteiger partial charge in [0.15, 0.2) is 15.8 Å². The van der Waals surface area contributed by atoms with Gasteiger partial charge in [-0.3, -0.25) is 0 Å². The Hall–Kier alpha value is -0.880. The molecule has 0 spiro atoms. The molecule has 3 heterocycles. The number of fused-ring (bicyclic) bond motifs is 2. The van der Waals surface area contributed by atoms with Crippen LogP contribution < -0.4 is 4.90 Å². The quantitative estimate of drug-likeness (QED) is 0.793. The van der Waals surface area contributed by atoms with Crippen LogP contribution in [-0.4, -0.2) is 33.8 Å². The highest BCUT2D eigenvalue weighted by atomic mass is 32.2. The maximum absolute atomic E-state index is 4.60. The van der Waals surface area contributed by atoms with E-state index in [4.69, 9.17) is 0 Å². The smallest absolute Gasteiger partial charge is 0.176 e. The van der Waals surface area contributed by atoms with E-state index in [1.807, 2.05) is 0 Å². The summed E-state index contributed by atoms with van der Waals surface area (Å²) < 4.78 is 2.25. The lowest BCUT2D eigenvalue weighted by Crippen LogP contribution is -2.35. The zero-order chi connectivity index (χ0) is 13.5. The van der Waals surface area contributed by atoms with Crippen molar-refractivity contribution in [1.29, 1.82) is 0 Å². The monoisotopic (exact) mass is 306 g/mol. The van der Waals surface area contributed by atoms with E-state index in [1.54, 1.807) is 29.4 Å². The molecule has 2 aromatic rings. The van der Waals surface area contributed by atoms with Crippen LogP contribution in [0.1, 0.15) is 32.1 Å². The van der Waals surface area contributed by atoms with Crippen molar-refractivity contribution >= 4 is 39.3 Å². The average Bonchev–Trinajstić information content (AvgIpc) is 3.10. The van der Waals surface area contributed by atoms with Gasteiger partial charge in [0, 0.05) is 12.6 Å². The van der Waals surface area contributed by atoms with Gasteiger partial charge in [-0.15, -0.1) is 11.3 Å². The van der Waals surface area contributed by atoms with Crippen LogP contribution in [0.25, 0.3) is 10.3 Å². The van der Waals surface area contributed by atoms with Crippen molar-refractivity contribution in [2.45, 2.75) is 42.5 Å². The zero-order valence-electron chi connectivity index (χ0n) is 11.6. The molecule has 4 nitrogen and oxygen atoms in total. The van der Waals surface area contributed by atoms with Crippen LogP contribution in [0, 0.1) is 5.92 Å². The molecule has 1 aliphatic heterocycles. The third-order valence-electron chi connectivity index (χ3n) is 4.61. The molecule has 106 valence electrons. The Bertz CT molecular complexity index is 627. The number of hydrogen-bond donors (Lipinski definition) is 0. The number of rotatable bonds is 2. The third kappa shape index (κ3) is 2.00. The second-order valence-electron chi connectivity index (χ2n) is 5.63. The summed E-state index contributed by atoms with van der Waals surface area (Å²) in [5.41, 5.74) is 0.864. The molecule has 0 amide bonds. The summed E-state index contributed by atoms with van der Waals surface area (Å²) in [7, 11) is 0.